The summed E-state index contributed by atoms with van der Waals surface area (Å²) in [5, 5.41) is 0.281. The molecular weight excluding hydrogens is 252 g/mol. The van der Waals surface area contributed by atoms with Gasteiger partial charge >= 0.3 is 0 Å². The molecule has 0 bridgehead atoms. The van der Waals surface area contributed by atoms with Gasteiger partial charge in [-0.3, -0.25) is 0 Å². The molecule has 0 atom stereocenters. The highest BCUT2D eigenvalue weighted by molar-refractivity contribution is 6.83. The lowest BCUT2D eigenvalue weighted by atomic mass is 10.4. The van der Waals surface area contributed by atoms with E-state index in [-0.39, 0.29) is 5.15 Å². The number of fused-ring (bicyclic) bond motifs is 1. The van der Waals surface area contributed by atoms with Gasteiger partial charge in [0.2, 0.25) is 0 Å². The van der Waals surface area contributed by atoms with Gasteiger partial charge in [-0.1, -0.05) is 37.2 Å². The lowest BCUT2D eigenvalue weighted by Gasteiger charge is -2.03. The fraction of sp³-hybridized carbons (Fsp3) is 0.273. The zero-order chi connectivity index (χ0) is 12.5. The normalized spacial score (nSPS) is 11.1. The lowest BCUT2D eigenvalue weighted by Crippen LogP contribution is -2.16. The van der Waals surface area contributed by atoms with E-state index in [0.717, 1.165) is 0 Å². The van der Waals surface area contributed by atoms with Crippen molar-refractivity contribution in [1.82, 2.24) is 19.9 Å². The molecule has 0 aromatic carbocycles. The van der Waals surface area contributed by atoms with E-state index in [0.29, 0.717) is 17.0 Å². The van der Waals surface area contributed by atoms with Gasteiger partial charge in [0.25, 0.3) is 0 Å². The first-order chi connectivity index (χ1) is 7.96. The average molecular weight is 263 g/mol. The topological polar surface area (TPSA) is 51.6 Å². The molecule has 0 spiro atoms. The van der Waals surface area contributed by atoms with E-state index in [1.165, 1.54) is 0 Å². The minimum Gasteiger partial charge on any atom is -0.232 e. The molecule has 2 aromatic rings. The molecule has 0 amide bonds. The van der Waals surface area contributed by atoms with Crippen molar-refractivity contribution < 1.29 is 0 Å². The fourth-order valence-electron chi connectivity index (χ4n) is 1.11. The van der Waals surface area contributed by atoms with E-state index in [9.17, 15) is 0 Å². The van der Waals surface area contributed by atoms with Crippen LogP contribution in [-0.2, 0) is 0 Å². The first-order valence-corrected chi connectivity index (χ1v) is 9.01. The Balaban J connectivity index is 2.54. The summed E-state index contributed by atoms with van der Waals surface area (Å²) in [5.41, 5.74) is 4.58. The first kappa shape index (κ1) is 12.0. The summed E-state index contributed by atoms with van der Waals surface area (Å²) in [6, 6.07) is 0. The van der Waals surface area contributed by atoms with Crippen LogP contribution in [0.4, 0.5) is 0 Å². The number of rotatable bonds is 0. The van der Waals surface area contributed by atoms with Gasteiger partial charge in [0.1, 0.15) is 8.07 Å². The maximum atomic E-state index is 6.00. The summed E-state index contributed by atoms with van der Waals surface area (Å²) >= 11 is 6.00. The third-order valence-corrected chi connectivity index (χ3v) is 2.97. The maximum Gasteiger partial charge on any atom is 0.199 e. The summed E-state index contributed by atoms with van der Waals surface area (Å²) in [5.74, 6) is 2.98. The van der Waals surface area contributed by atoms with E-state index in [2.05, 4.69) is 51.0 Å². The molecule has 0 saturated heterocycles. The SMILES string of the molecule is C[Si](C)(C)C#Cc1nc2nccnc2nc1Cl. The highest BCUT2D eigenvalue weighted by atomic mass is 35.5. The van der Waals surface area contributed by atoms with Crippen LogP contribution < -0.4 is 0 Å². The number of nitrogens with zero attached hydrogens (tertiary/aromatic N) is 4. The number of aromatic nitrogens is 4. The Bertz CT molecular complexity index is 625. The molecule has 0 N–H and O–H groups in total. The lowest BCUT2D eigenvalue weighted by molar-refractivity contribution is 1.14. The zero-order valence-corrected chi connectivity index (χ0v) is 11.6. The predicted octanol–water partition coefficient (Wildman–Crippen LogP) is 2.30. The molecule has 0 fully saturated rings. The van der Waals surface area contributed by atoms with Gasteiger partial charge < -0.3 is 0 Å². The van der Waals surface area contributed by atoms with E-state index >= 15 is 0 Å². The summed E-state index contributed by atoms with van der Waals surface area (Å²) in [4.78, 5) is 16.5. The third-order valence-electron chi connectivity index (χ3n) is 1.83. The molecular formula is C11H11ClN4Si. The first-order valence-electron chi connectivity index (χ1n) is 5.13. The standard InChI is InChI=1S/C11H11ClN4Si/c1-17(2,3)7-4-8-9(12)16-11-10(15-8)13-5-6-14-11/h5-6H,1-3H3. The number of hydrogen-bond acceptors (Lipinski definition) is 4. The molecule has 17 heavy (non-hydrogen) atoms. The number of hydrogen-bond donors (Lipinski definition) is 0. The van der Waals surface area contributed by atoms with Crippen LogP contribution in [0.15, 0.2) is 12.4 Å². The summed E-state index contributed by atoms with van der Waals surface area (Å²) in [7, 11) is -1.45. The smallest absolute Gasteiger partial charge is 0.199 e. The van der Waals surface area contributed by atoms with Gasteiger partial charge in [-0.05, 0) is 0 Å². The molecule has 0 saturated carbocycles. The molecule has 6 heteroatoms. The van der Waals surface area contributed by atoms with E-state index in [1.54, 1.807) is 12.4 Å². The summed E-state index contributed by atoms with van der Waals surface area (Å²) in [6.07, 6.45) is 3.13. The van der Waals surface area contributed by atoms with Gasteiger partial charge in [-0.2, -0.15) is 0 Å². The van der Waals surface area contributed by atoms with Crippen molar-refractivity contribution in [2.24, 2.45) is 0 Å². The van der Waals surface area contributed by atoms with Crippen LogP contribution in [-0.4, -0.2) is 28.0 Å². The largest absolute Gasteiger partial charge is 0.232 e. The van der Waals surface area contributed by atoms with Gasteiger partial charge in [-0.25, -0.2) is 19.9 Å². The second kappa shape index (κ2) is 4.39. The molecule has 0 aliphatic heterocycles. The Morgan fingerprint density at radius 3 is 2.24 bits per heavy atom. The maximum absolute atomic E-state index is 6.00. The quantitative estimate of drug-likeness (QED) is 0.540. The highest BCUT2D eigenvalue weighted by Gasteiger charge is 2.10. The van der Waals surface area contributed by atoms with Gasteiger partial charge in [0, 0.05) is 12.4 Å². The van der Waals surface area contributed by atoms with Crippen molar-refractivity contribution in [3.8, 4) is 11.5 Å². The zero-order valence-electron chi connectivity index (χ0n) is 9.82. The van der Waals surface area contributed by atoms with Crippen molar-refractivity contribution in [3.63, 3.8) is 0 Å². The second-order valence-electron chi connectivity index (χ2n) is 4.57. The monoisotopic (exact) mass is 262 g/mol. The molecule has 0 aliphatic carbocycles. The van der Waals surface area contributed by atoms with Crippen molar-refractivity contribution >= 4 is 31.0 Å². The molecule has 2 aromatic heterocycles. The summed E-state index contributed by atoms with van der Waals surface area (Å²) < 4.78 is 0. The molecule has 0 unspecified atom stereocenters. The molecule has 2 rings (SSSR count). The second-order valence-corrected chi connectivity index (χ2v) is 9.67. The van der Waals surface area contributed by atoms with Crippen LogP contribution in [0, 0.1) is 11.5 Å². The van der Waals surface area contributed by atoms with Crippen molar-refractivity contribution in [2.75, 3.05) is 0 Å². The predicted molar refractivity (Wildman–Crippen MR) is 70.4 cm³/mol. The Morgan fingerprint density at radius 2 is 1.65 bits per heavy atom. The van der Waals surface area contributed by atoms with Crippen molar-refractivity contribution in [1.29, 1.82) is 0 Å². The van der Waals surface area contributed by atoms with Crippen molar-refractivity contribution in [3.05, 3.63) is 23.2 Å². The molecule has 2 heterocycles. The van der Waals surface area contributed by atoms with Gasteiger partial charge in [0.15, 0.2) is 22.1 Å². The van der Waals surface area contributed by atoms with Crippen LogP contribution in [0.5, 0.6) is 0 Å². The van der Waals surface area contributed by atoms with Gasteiger partial charge in [-0.15, -0.1) is 5.54 Å². The average Bonchev–Trinajstić information content (AvgIpc) is 2.25. The molecule has 0 aliphatic rings. The number of halogens is 1. The van der Waals surface area contributed by atoms with Crippen LogP contribution >= 0.6 is 11.6 Å². The summed E-state index contributed by atoms with van der Waals surface area (Å²) in [6.45, 7) is 6.46. The Kier molecular flexibility index (Phi) is 3.09. The Hall–Kier alpha value is -1.51. The van der Waals surface area contributed by atoms with Crippen LogP contribution in [0.1, 0.15) is 5.69 Å². The Morgan fingerprint density at radius 1 is 1.06 bits per heavy atom. The van der Waals surface area contributed by atoms with Gasteiger partial charge in [0.05, 0.1) is 0 Å². The van der Waals surface area contributed by atoms with Crippen molar-refractivity contribution in [2.45, 2.75) is 19.6 Å². The molecule has 0 radical (unpaired) electrons. The molecule has 4 nitrogen and oxygen atoms in total. The minimum atomic E-state index is -1.45. The molecule has 86 valence electrons. The van der Waals surface area contributed by atoms with Crippen LogP contribution in [0.2, 0.25) is 24.8 Å². The van der Waals surface area contributed by atoms with E-state index in [1.807, 2.05) is 0 Å². The highest BCUT2D eigenvalue weighted by Crippen LogP contribution is 2.13. The third kappa shape index (κ3) is 2.99. The van der Waals surface area contributed by atoms with Crippen LogP contribution in [0.25, 0.3) is 11.3 Å². The fourth-order valence-corrected chi connectivity index (χ4v) is 1.77. The minimum absolute atomic E-state index is 0.281. The van der Waals surface area contributed by atoms with Crippen LogP contribution in [0.3, 0.4) is 0 Å². The van der Waals surface area contributed by atoms with E-state index < -0.39 is 8.07 Å². The Labute approximate surface area is 105 Å². The van der Waals surface area contributed by atoms with E-state index in [4.69, 9.17) is 11.6 Å².